The minimum atomic E-state index is -1.03. The quantitative estimate of drug-likeness (QED) is 0.683. The molecular formula is C12H17N3O4. The minimum Gasteiger partial charge on any atom is -0.480 e. The second-order valence-electron chi connectivity index (χ2n) is 3.90. The van der Waals surface area contributed by atoms with Gasteiger partial charge in [-0.2, -0.15) is 10.2 Å². The van der Waals surface area contributed by atoms with E-state index in [1.165, 1.54) is 0 Å². The molecule has 2 N–H and O–H groups in total. The number of carbonyl (C=O) groups excluding carboxylic acids is 1. The van der Waals surface area contributed by atoms with Crippen molar-refractivity contribution in [2.24, 2.45) is 0 Å². The number of aliphatic carboxylic acids is 1. The highest BCUT2D eigenvalue weighted by molar-refractivity contribution is 5.95. The molecule has 1 aromatic heterocycles. The molecule has 0 saturated carbocycles. The number of hydrogen-bond acceptors (Lipinski definition) is 5. The van der Waals surface area contributed by atoms with E-state index in [-0.39, 0.29) is 25.7 Å². The Labute approximate surface area is 111 Å². The van der Waals surface area contributed by atoms with Crippen LogP contribution in [-0.4, -0.2) is 46.9 Å². The molecule has 1 aromatic rings. The molecule has 7 heteroatoms. The van der Waals surface area contributed by atoms with E-state index in [9.17, 15) is 9.59 Å². The summed E-state index contributed by atoms with van der Waals surface area (Å²) in [6, 6.07) is 1.68. The Hall–Kier alpha value is -2.02. The normalized spacial score (nSPS) is 10.2. The Kier molecular flexibility index (Phi) is 5.87. The molecule has 104 valence electrons. The minimum absolute atomic E-state index is 0.150. The van der Waals surface area contributed by atoms with Gasteiger partial charge < -0.3 is 15.2 Å². The van der Waals surface area contributed by atoms with Crippen molar-refractivity contribution in [3.8, 4) is 0 Å². The lowest BCUT2D eigenvalue weighted by Gasteiger charge is -2.08. The number of amides is 1. The molecule has 0 bridgehead atoms. The van der Waals surface area contributed by atoms with Crippen molar-refractivity contribution in [2.45, 2.75) is 20.3 Å². The van der Waals surface area contributed by atoms with E-state index >= 15 is 0 Å². The number of aryl methyl sites for hydroxylation is 2. The fraction of sp³-hybridized carbons (Fsp3) is 0.500. The maximum atomic E-state index is 11.9. The van der Waals surface area contributed by atoms with Gasteiger partial charge in [0.05, 0.1) is 23.6 Å². The van der Waals surface area contributed by atoms with Gasteiger partial charge in [0.1, 0.15) is 6.61 Å². The molecule has 0 radical (unpaired) electrons. The van der Waals surface area contributed by atoms with Crippen LogP contribution in [0.15, 0.2) is 6.07 Å². The summed E-state index contributed by atoms with van der Waals surface area (Å²) in [5.74, 6) is -1.29. The van der Waals surface area contributed by atoms with Crippen LogP contribution in [0.4, 0.5) is 0 Å². The summed E-state index contributed by atoms with van der Waals surface area (Å²) in [6.45, 7) is 3.69. The molecule has 7 nitrogen and oxygen atoms in total. The van der Waals surface area contributed by atoms with E-state index in [2.05, 4.69) is 15.5 Å². The third-order valence-corrected chi connectivity index (χ3v) is 2.33. The van der Waals surface area contributed by atoms with Gasteiger partial charge in [0, 0.05) is 6.54 Å². The Bertz CT molecular complexity index is 462. The number of rotatable bonds is 7. The van der Waals surface area contributed by atoms with Crippen LogP contribution in [0.5, 0.6) is 0 Å². The molecule has 1 heterocycles. The summed E-state index contributed by atoms with van der Waals surface area (Å²) < 4.78 is 4.82. The van der Waals surface area contributed by atoms with Crippen LogP contribution in [0.1, 0.15) is 28.7 Å². The van der Waals surface area contributed by atoms with Crippen LogP contribution in [0.25, 0.3) is 0 Å². The molecule has 0 unspecified atom stereocenters. The largest absolute Gasteiger partial charge is 0.480 e. The van der Waals surface area contributed by atoms with E-state index in [1.807, 2.05) is 6.92 Å². The first-order valence-electron chi connectivity index (χ1n) is 5.95. The maximum absolute atomic E-state index is 11.9. The third kappa shape index (κ3) is 5.01. The van der Waals surface area contributed by atoms with E-state index in [4.69, 9.17) is 9.84 Å². The fourth-order valence-electron chi connectivity index (χ4n) is 1.46. The number of carbonyl (C=O) groups is 2. The number of carboxylic acids is 1. The molecule has 1 rings (SSSR count). The zero-order valence-electron chi connectivity index (χ0n) is 11.0. The van der Waals surface area contributed by atoms with Gasteiger partial charge in [0.15, 0.2) is 0 Å². The Morgan fingerprint density at radius 2 is 2.16 bits per heavy atom. The van der Waals surface area contributed by atoms with Crippen molar-refractivity contribution in [1.29, 1.82) is 0 Å². The molecule has 1 amide bonds. The summed E-state index contributed by atoms with van der Waals surface area (Å²) in [5, 5.41) is 18.9. The SMILES string of the molecule is CCc1nnc(C)cc1C(=O)NCCOCC(=O)O. The molecule has 0 aromatic carbocycles. The zero-order valence-corrected chi connectivity index (χ0v) is 11.0. The van der Waals surface area contributed by atoms with Gasteiger partial charge in [-0.3, -0.25) is 4.79 Å². The molecule has 0 saturated heterocycles. The van der Waals surface area contributed by atoms with Crippen molar-refractivity contribution in [3.63, 3.8) is 0 Å². The molecule has 0 aliphatic heterocycles. The molecule has 0 spiro atoms. The summed E-state index contributed by atoms with van der Waals surface area (Å²) in [7, 11) is 0. The highest BCUT2D eigenvalue weighted by atomic mass is 16.5. The topological polar surface area (TPSA) is 101 Å². The molecule has 0 atom stereocenters. The van der Waals surface area contributed by atoms with Gasteiger partial charge in [0.2, 0.25) is 0 Å². The number of ether oxygens (including phenoxy) is 1. The predicted molar refractivity (Wildman–Crippen MR) is 66.9 cm³/mol. The smallest absolute Gasteiger partial charge is 0.329 e. The van der Waals surface area contributed by atoms with Crippen LogP contribution in [-0.2, 0) is 16.0 Å². The zero-order chi connectivity index (χ0) is 14.3. The highest BCUT2D eigenvalue weighted by Gasteiger charge is 2.12. The number of nitrogens with zero attached hydrogens (tertiary/aromatic N) is 2. The number of aromatic nitrogens is 2. The summed E-state index contributed by atoms with van der Waals surface area (Å²) in [5.41, 5.74) is 1.80. The van der Waals surface area contributed by atoms with E-state index < -0.39 is 5.97 Å². The van der Waals surface area contributed by atoms with Gasteiger partial charge in [0.25, 0.3) is 5.91 Å². The highest BCUT2D eigenvalue weighted by Crippen LogP contribution is 2.07. The summed E-state index contributed by atoms with van der Waals surface area (Å²) in [4.78, 5) is 22.1. The van der Waals surface area contributed by atoms with Crippen molar-refractivity contribution in [2.75, 3.05) is 19.8 Å². The number of hydrogen-bond donors (Lipinski definition) is 2. The third-order valence-electron chi connectivity index (χ3n) is 2.33. The molecule has 19 heavy (non-hydrogen) atoms. The van der Waals surface area contributed by atoms with E-state index in [1.54, 1.807) is 13.0 Å². The first-order chi connectivity index (χ1) is 9.04. The first kappa shape index (κ1) is 15.0. The molecule has 0 aliphatic carbocycles. The average molecular weight is 267 g/mol. The average Bonchev–Trinajstić information content (AvgIpc) is 2.37. The maximum Gasteiger partial charge on any atom is 0.329 e. The van der Waals surface area contributed by atoms with Crippen molar-refractivity contribution >= 4 is 11.9 Å². The van der Waals surface area contributed by atoms with Gasteiger partial charge in [-0.15, -0.1) is 0 Å². The second kappa shape index (κ2) is 7.42. The second-order valence-corrected chi connectivity index (χ2v) is 3.90. The fourth-order valence-corrected chi connectivity index (χ4v) is 1.46. The van der Waals surface area contributed by atoms with Gasteiger partial charge >= 0.3 is 5.97 Å². The molecule has 0 fully saturated rings. The lowest BCUT2D eigenvalue weighted by atomic mass is 10.1. The molecule has 0 aliphatic rings. The van der Waals surface area contributed by atoms with Gasteiger partial charge in [-0.05, 0) is 19.4 Å². The standard InChI is InChI=1S/C12H17N3O4/c1-3-10-9(6-8(2)14-15-10)12(18)13-4-5-19-7-11(16)17/h6H,3-5,7H2,1-2H3,(H,13,18)(H,16,17). The Balaban J connectivity index is 2.49. The number of nitrogens with one attached hydrogen (secondary N) is 1. The Morgan fingerprint density at radius 3 is 2.79 bits per heavy atom. The monoisotopic (exact) mass is 267 g/mol. The van der Waals surface area contributed by atoms with Crippen LogP contribution in [0.2, 0.25) is 0 Å². The van der Waals surface area contributed by atoms with Gasteiger partial charge in [-0.25, -0.2) is 4.79 Å². The predicted octanol–water partition coefficient (Wildman–Crippen LogP) is 0.178. The van der Waals surface area contributed by atoms with Crippen LogP contribution in [0.3, 0.4) is 0 Å². The van der Waals surface area contributed by atoms with Crippen LogP contribution < -0.4 is 5.32 Å². The Morgan fingerprint density at radius 1 is 1.42 bits per heavy atom. The van der Waals surface area contributed by atoms with Gasteiger partial charge in [-0.1, -0.05) is 6.92 Å². The lowest BCUT2D eigenvalue weighted by molar-refractivity contribution is -0.142. The van der Waals surface area contributed by atoms with Crippen molar-refractivity contribution in [3.05, 3.63) is 23.0 Å². The van der Waals surface area contributed by atoms with Crippen molar-refractivity contribution in [1.82, 2.24) is 15.5 Å². The van der Waals surface area contributed by atoms with E-state index in [0.29, 0.717) is 23.4 Å². The van der Waals surface area contributed by atoms with Crippen LogP contribution >= 0.6 is 0 Å². The van der Waals surface area contributed by atoms with Crippen molar-refractivity contribution < 1.29 is 19.4 Å². The number of carboxylic acid groups (broad SMARTS) is 1. The lowest BCUT2D eigenvalue weighted by Crippen LogP contribution is -2.29. The summed E-state index contributed by atoms with van der Waals surface area (Å²) >= 11 is 0. The van der Waals surface area contributed by atoms with E-state index in [0.717, 1.165) is 0 Å². The summed E-state index contributed by atoms with van der Waals surface area (Å²) in [6.07, 6.45) is 0.617. The first-order valence-corrected chi connectivity index (χ1v) is 5.95. The molecular weight excluding hydrogens is 250 g/mol. The van der Waals surface area contributed by atoms with Crippen LogP contribution in [0, 0.1) is 6.92 Å².